The van der Waals surface area contributed by atoms with Crippen molar-refractivity contribution in [3.8, 4) is 0 Å². The van der Waals surface area contributed by atoms with E-state index in [2.05, 4.69) is 49.5 Å². The van der Waals surface area contributed by atoms with Gasteiger partial charge in [0.15, 0.2) is 0 Å². The molecule has 1 atom stereocenters. The predicted molar refractivity (Wildman–Crippen MR) is 85.5 cm³/mol. The van der Waals surface area contributed by atoms with Gasteiger partial charge < -0.3 is 5.32 Å². The molecule has 1 unspecified atom stereocenters. The first-order valence-corrected chi connectivity index (χ1v) is 7.53. The van der Waals surface area contributed by atoms with Crippen LogP contribution < -0.4 is 5.32 Å². The predicted octanol–water partition coefficient (Wildman–Crippen LogP) is 3.30. The van der Waals surface area contributed by atoms with Crippen LogP contribution in [0.15, 0.2) is 42.5 Å². The van der Waals surface area contributed by atoms with E-state index in [-0.39, 0.29) is 5.92 Å². The third kappa shape index (κ3) is 2.77. The fourth-order valence-electron chi connectivity index (χ4n) is 3.21. The lowest BCUT2D eigenvalue weighted by Crippen LogP contribution is -2.33. The van der Waals surface area contributed by atoms with Crippen LogP contribution in [0.2, 0.25) is 0 Å². The van der Waals surface area contributed by atoms with Crippen LogP contribution >= 0.6 is 0 Å². The largest absolute Gasteiger partial charge is 0.312 e. The smallest absolute Gasteiger partial charge is 0.146 e. The summed E-state index contributed by atoms with van der Waals surface area (Å²) in [5, 5.41) is 3.37. The molecule has 1 aliphatic heterocycles. The molecule has 0 bridgehead atoms. The monoisotopic (exact) mass is 279 g/mol. The zero-order chi connectivity index (χ0) is 14.8. The SMILES string of the molecule is Cc1cccc(C)c1CC(=O)C1CNCc2ccccc21. The summed E-state index contributed by atoms with van der Waals surface area (Å²) in [7, 11) is 0. The van der Waals surface area contributed by atoms with Gasteiger partial charge in [-0.05, 0) is 41.7 Å². The highest BCUT2D eigenvalue weighted by atomic mass is 16.1. The zero-order valence-electron chi connectivity index (χ0n) is 12.6. The number of carbonyl (C=O) groups excluding carboxylic acids is 1. The molecule has 108 valence electrons. The van der Waals surface area contributed by atoms with Crippen LogP contribution in [0.3, 0.4) is 0 Å². The maximum absolute atomic E-state index is 12.8. The second kappa shape index (κ2) is 5.82. The number of hydrogen-bond acceptors (Lipinski definition) is 2. The van der Waals surface area contributed by atoms with Crippen molar-refractivity contribution >= 4 is 5.78 Å². The molecule has 0 fully saturated rings. The minimum atomic E-state index is -0.0195. The van der Waals surface area contributed by atoms with Gasteiger partial charge in [0.05, 0.1) is 5.92 Å². The summed E-state index contributed by atoms with van der Waals surface area (Å²) >= 11 is 0. The normalized spacial score (nSPS) is 17.3. The summed E-state index contributed by atoms with van der Waals surface area (Å²) in [6.45, 7) is 5.79. The third-order valence-corrected chi connectivity index (χ3v) is 4.48. The summed E-state index contributed by atoms with van der Waals surface area (Å²) < 4.78 is 0. The molecule has 2 nitrogen and oxygen atoms in total. The molecule has 3 rings (SSSR count). The molecular formula is C19H21NO. The standard InChI is InChI=1S/C19H21NO/c1-13-6-5-7-14(2)17(13)10-19(21)18-12-20-11-15-8-3-4-9-16(15)18/h3-9,18,20H,10-12H2,1-2H3. The number of rotatable bonds is 3. The van der Waals surface area contributed by atoms with Crippen LogP contribution in [0, 0.1) is 13.8 Å². The molecule has 1 aliphatic rings. The summed E-state index contributed by atoms with van der Waals surface area (Å²) in [5.41, 5.74) is 6.06. The Kier molecular flexibility index (Phi) is 3.89. The molecule has 2 aromatic carbocycles. The molecule has 0 aliphatic carbocycles. The van der Waals surface area contributed by atoms with Crippen molar-refractivity contribution in [2.75, 3.05) is 6.54 Å². The van der Waals surface area contributed by atoms with Crippen LogP contribution in [-0.2, 0) is 17.8 Å². The van der Waals surface area contributed by atoms with E-state index in [4.69, 9.17) is 0 Å². The van der Waals surface area contributed by atoms with Gasteiger partial charge in [-0.25, -0.2) is 0 Å². The molecule has 0 spiro atoms. The highest BCUT2D eigenvalue weighted by Crippen LogP contribution is 2.26. The fourth-order valence-corrected chi connectivity index (χ4v) is 3.21. The summed E-state index contributed by atoms with van der Waals surface area (Å²) in [4.78, 5) is 12.8. The van der Waals surface area contributed by atoms with Gasteiger partial charge in [-0.1, -0.05) is 42.5 Å². The van der Waals surface area contributed by atoms with Gasteiger partial charge in [-0.2, -0.15) is 0 Å². The van der Waals surface area contributed by atoms with Gasteiger partial charge in [-0.3, -0.25) is 4.79 Å². The first-order valence-electron chi connectivity index (χ1n) is 7.53. The van der Waals surface area contributed by atoms with E-state index in [1.54, 1.807) is 0 Å². The van der Waals surface area contributed by atoms with E-state index in [9.17, 15) is 4.79 Å². The molecule has 21 heavy (non-hydrogen) atoms. The number of carbonyl (C=O) groups is 1. The number of aryl methyl sites for hydroxylation is 2. The Balaban J connectivity index is 1.87. The second-order valence-corrected chi connectivity index (χ2v) is 5.90. The lowest BCUT2D eigenvalue weighted by atomic mass is 9.84. The summed E-state index contributed by atoms with van der Waals surface area (Å²) in [5.74, 6) is 0.293. The topological polar surface area (TPSA) is 29.1 Å². The number of ketones is 1. The van der Waals surface area contributed by atoms with E-state index in [1.807, 2.05) is 12.1 Å². The van der Waals surface area contributed by atoms with Crippen molar-refractivity contribution in [2.24, 2.45) is 0 Å². The first kappa shape index (κ1) is 14.0. The van der Waals surface area contributed by atoms with Crippen molar-refractivity contribution in [3.63, 3.8) is 0 Å². The Morgan fingerprint density at radius 3 is 2.57 bits per heavy atom. The van der Waals surface area contributed by atoms with Gasteiger partial charge in [0.1, 0.15) is 5.78 Å². The molecule has 0 saturated heterocycles. The van der Waals surface area contributed by atoms with Crippen LogP contribution in [0.25, 0.3) is 0 Å². The number of benzene rings is 2. The minimum Gasteiger partial charge on any atom is -0.312 e. The lowest BCUT2D eigenvalue weighted by Gasteiger charge is -2.25. The van der Waals surface area contributed by atoms with E-state index in [0.29, 0.717) is 12.2 Å². The number of Topliss-reactive ketones (excluding diaryl/α,β-unsaturated/α-hetero) is 1. The second-order valence-electron chi connectivity index (χ2n) is 5.90. The number of hydrogen-bond donors (Lipinski definition) is 1. The molecule has 1 heterocycles. The average Bonchev–Trinajstić information content (AvgIpc) is 2.50. The summed E-state index contributed by atoms with van der Waals surface area (Å²) in [6.07, 6.45) is 0.527. The maximum atomic E-state index is 12.8. The zero-order valence-corrected chi connectivity index (χ0v) is 12.6. The molecule has 0 amide bonds. The Morgan fingerprint density at radius 1 is 1.10 bits per heavy atom. The Hall–Kier alpha value is -1.93. The molecule has 0 aromatic heterocycles. The van der Waals surface area contributed by atoms with Crippen molar-refractivity contribution in [2.45, 2.75) is 32.7 Å². The highest BCUT2D eigenvalue weighted by molar-refractivity contribution is 5.89. The third-order valence-electron chi connectivity index (χ3n) is 4.48. The van der Waals surface area contributed by atoms with Gasteiger partial charge in [-0.15, -0.1) is 0 Å². The van der Waals surface area contributed by atoms with Crippen LogP contribution in [0.1, 0.15) is 33.7 Å². The molecule has 0 radical (unpaired) electrons. The van der Waals surface area contributed by atoms with Crippen LogP contribution in [0.4, 0.5) is 0 Å². The lowest BCUT2D eigenvalue weighted by molar-refractivity contribution is -0.119. The average molecular weight is 279 g/mol. The van der Waals surface area contributed by atoms with Gasteiger partial charge in [0.25, 0.3) is 0 Å². The van der Waals surface area contributed by atoms with Crippen LogP contribution in [-0.4, -0.2) is 12.3 Å². The Bertz CT molecular complexity index is 655. The fraction of sp³-hybridized carbons (Fsp3) is 0.316. The van der Waals surface area contributed by atoms with Crippen LogP contribution in [0.5, 0.6) is 0 Å². The summed E-state index contributed by atoms with van der Waals surface area (Å²) in [6, 6.07) is 14.5. The van der Waals surface area contributed by atoms with E-state index in [0.717, 1.165) is 13.1 Å². The molecule has 2 heteroatoms. The highest BCUT2D eigenvalue weighted by Gasteiger charge is 2.26. The van der Waals surface area contributed by atoms with Crippen molar-refractivity contribution in [1.29, 1.82) is 0 Å². The van der Waals surface area contributed by atoms with E-state index < -0.39 is 0 Å². The number of fused-ring (bicyclic) bond motifs is 1. The van der Waals surface area contributed by atoms with Gasteiger partial charge in [0.2, 0.25) is 0 Å². The van der Waals surface area contributed by atoms with Crippen molar-refractivity contribution < 1.29 is 4.79 Å². The van der Waals surface area contributed by atoms with Gasteiger partial charge >= 0.3 is 0 Å². The van der Waals surface area contributed by atoms with E-state index >= 15 is 0 Å². The quantitative estimate of drug-likeness (QED) is 0.934. The molecule has 0 saturated carbocycles. The molecular weight excluding hydrogens is 258 g/mol. The minimum absolute atomic E-state index is 0.0195. The Labute approximate surface area is 126 Å². The van der Waals surface area contributed by atoms with Crippen molar-refractivity contribution in [3.05, 3.63) is 70.3 Å². The number of nitrogens with one attached hydrogen (secondary N) is 1. The van der Waals surface area contributed by atoms with E-state index in [1.165, 1.54) is 27.8 Å². The van der Waals surface area contributed by atoms with Gasteiger partial charge in [0, 0.05) is 19.5 Å². The maximum Gasteiger partial charge on any atom is 0.146 e. The molecule has 1 N–H and O–H groups in total. The first-order chi connectivity index (χ1) is 10.2. The molecule has 2 aromatic rings. The van der Waals surface area contributed by atoms with Crippen molar-refractivity contribution in [1.82, 2.24) is 5.32 Å². The Morgan fingerprint density at radius 2 is 1.81 bits per heavy atom.